The van der Waals surface area contributed by atoms with Crippen molar-refractivity contribution in [2.24, 2.45) is 0 Å². The summed E-state index contributed by atoms with van der Waals surface area (Å²) in [4.78, 5) is 27.2. The Balaban J connectivity index is 1.77. The first-order valence-electron chi connectivity index (χ1n) is 10.6. The maximum absolute atomic E-state index is 13.6. The number of nitrogens with zero attached hydrogens (tertiary/aromatic N) is 2. The van der Waals surface area contributed by atoms with Crippen LogP contribution >= 0.6 is 22.9 Å². The maximum Gasteiger partial charge on any atom is 0.209 e. The highest BCUT2D eigenvalue weighted by Crippen LogP contribution is 2.48. The van der Waals surface area contributed by atoms with Crippen LogP contribution in [0, 0.1) is 0 Å². The van der Waals surface area contributed by atoms with E-state index < -0.39 is 11.8 Å². The summed E-state index contributed by atoms with van der Waals surface area (Å²) in [5.41, 5.74) is 2.58. The summed E-state index contributed by atoms with van der Waals surface area (Å²) in [7, 11) is 0. The first-order chi connectivity index (χ1) is 15.4. The zero-order valence-corrected chi connectivity index (χ0v) is 19.5. The lowest BCUT2D eigenvalue weighted by molar-refractivity contribution is 0.0945. The molecule has 162 valence electrons. The monoisotopic (exact) mass is 464 g/mol. The van der Waals surface area contributed by atoms with E-state index in [1.54, 1.807) is 18.2 Å². The van der Waals surface area contributed by atoms with Crippen LogP contribution in [-0.4, -0.2) is 16.0 Å². The van der Waals surface area contributed by atoms with Crippen LogP contribution in [0.15, 0.2) is 51.7 Å². The molecule has 7 heteroatoms. The first-order valence-corrected chi connectivity index (χ1v) is 11.8. The fraction of sp³-hybridized carbons (Fsp3) is 0.280. The van der Waals surface area contributed by atoms with E-state index in [0.29, 0.717) is 32.5 Å². The third-order valence-corrected chi connectivity index (χ3v) is 7.44. The molecular formula is C25H21ClN2O3S. The number of ketones is 1. The van der Waals surface area contributed by atoms with Crippen molar-refractivity contribution in [3.63, 3.8) is 0 Å². The SMILES string of the molecule is CCc1nnc([C@@H]2C(=O)c3oc4ccc(Cl)cc4c(=O)c3[C@H]2c2ccc(C(C)C)cc2)s1. The second-order valence-electron chi connectivity index (χ2n) is 8.34. The van der Waals surface area contributed by atoms with Crippen LogP contribution in [0.4, 0.5) is 0 Å². The standard InChI is InChI=1S/C25H21ClN2O3S/c1-4-18-27-28-25(32-18)21-19(14-7-5-13(6-8-14)12(2)3)20-22(29)16-11-15(26)9-10-17(16)31-24(20)23(21)30/h5-12,19,21H,4H2,1-3H3/t19-,21+/m1/s1. The molecule has 32 heavy (non-hydrogen) atoms. The van der Waals surface area contributed by atoms with Crippen molar-refractivity contribution >= 4 is 39.7 Å². The number of hydrogen-bond donors (Lipinski definition) is 0. The molecule has 5 rings (SSSR count). The van der Waals surface area contributed by atoms with Crippen LogP contribution in [0.5, 0.6) is 0 Å². The van der Waals surface area contributed by atoms with Crippen LogP contribution in [-0.2, 0) is 6.42 Å². The lowest BCUT2D eigenvalue weighted by Crippen LogP contribution is -2.16. The lowest BCUT2D eigenvalue weighted by Gasteiger charge is -2.18. The predicted octanol–water partition coefficient (Wildman–Crippen LogP) is 6.10. The Morgan fingerprint density at radius 2 is 1.81 bits per heavy atom. The van der Waals surface area contributed by atoms with Gasteiger partial charge in [-0.2, -0.15) is 0 Å². The van der Waals surface area contributed by atoms with Crippen LogP contribution in [0.2, 0.25) is 5.02 Å². The highest BCUT2D eigenvalue weighted by Gasteiger charge is 2.47. The van der Waals surface area contributed by atoms with Gasteiger partial charge in [0, 0.05) is 10.9 Å². The van der Waals surface area contributed by atoms with Gasteiger partial charge in [-0.25, -0.2) is 0 Å². The topological polar surface area (TPSA) is 73.1 Å². The number of rotatable bonds is 4. The van der Waals surface area contributed by atoms with E-state index >= 15 is 0 Å². The molecule has 2 atom stereocenters. The van der Waals surface area contributed by atoms with Gasteiger partial charge in [0.1, 0.15) is 15.6 Å². The smallest absolute Gasteiger partial charge is 0.209 e. The largest absolute Gasteiger partial charge is 0.452 e. The van der Waals surface area contributed by atoms with E-state index in [2.05, 4.69) is 36.2 Å². The van der Waals surface area contributed by atoms with Crippen molar-refractivity contribution in [1.82, 2.24) is 10.2 Å². The summed E-state index contributed by atoms with van der Waals surface area (Å²) in [5.74, 6) is -0.872. The van der Waals surface area contributed by atoms with Gasteiger partial charge in [0.05, 0.1) is 16.9 Å². The Bertz CT molecular complexity index is 1410. The number of carbonyl (C=O) groups is 1. The van der Waals surface area contributed by atoms with Gasteiger partial charge < -0.3 is 4.42 Å². The number of carbonyl (C=O) groups excluding carboxylic acids is 1. The minimum absolute atomic E-state index is 0.112. The van der Waals surface area contributed by atoms with Crippen molar-refractivity contribution in [1.29, 1.82) is 0 Å². The van der Waals surface area contributed by atoms with Crippen molar-refractivity contribution in [2.45, 2.75) is 44.9 Å². The first kappa shape index (κ1) is 21.0. The molecule has 0 bridgehead atoms. The fourth-order valence-electron chi connectivity index (χ4n) is 4.34. The van der Waals surface area contributed by atoms with Crippen molar-refractivity contribution in [3.05, 3.63) is 90.2 Å². The van der Waals surface area contributed by atoms with E-state index in [-0.39, 0.29) is 17.0 Å². The molecule has 1 aliphatic rings. The number of benzene rings is 2. The van der Waals surface area contributed by atoms with E-state index in [0.717, 1.165) is 17.0 Å². The Morgan fingerprint density at radius 3 is 2.47 bits per heavy atom. The molecule has 0 saturated heterocycles. The average molecular weight is 465 g/mol. The van der Waals surface area contributed by atoms with Gasteiger partial charge in [0.15, 0.2) is 11.2 Å². The van der Waals surface area contributed by atoms with E-state index in [1.165, 1.54) is 16.9 Å². The number of fused-ring (bicyclic) bond motifs is 2. The van der Waals surface area contributed by atoms with Gasteiger partial charge in [0.2, 0.25) is 5.78 Å². The summed E-state index contributed by atoms with van der Waals surface area (Å²) in [6.45, 7) is 6.26. The average Bonchev–Trinajstić information content (AvgIpc) is 3.37. The summed E-state index contributed by atoms with van der Waals surface area (Å²) in [6.07, 6.45) is 0.735. The van der Waals surface area contributed by atoms with Gasteiger partial charge in [-0.05, 0) is 41.7 Å². The number of halogens is 1. The highest BCUT2D eigenvalue weighted by molar-refractivity contribution is 7.11. The number of aromatic nitrogens is 2. The molecule has 2 heterocycles. The Labute approximate surface area is 194 Å². The second-order valence-corrected chi connectivity index (χ2v) is 9.87. The van der Waals surface area contributed by atoms with Crippen molar-refractivity contribution < 1.29 is 9.21 Å². The van der Waals surface area contributed by atoms with Crippen LogP contribution in [0.3, 0.4) is 0 Å². The molecule has 0 fully saturated rings. The molecule has 5 nitrogen and oxygen atoms in total. The highest BCUT2D eigenvalue weighted by atomic mass is 35.5. The van der Waals surface area contributed by atoms with E-state index in [9.17, 15) is 9.59 Å². The van der Waals surface area contributed by atoms with Gasteiger partial charge in [0.25, 0.3) is 0 Å². The Hall–Kier alpha value is -2.83. The second kappa shape index (κ2) is 7.94. The summed E-state index contributed by atoms with van der Waals surface area (Å²) in [6, 6.07) is 13.0. The maximum atomic E-state index is 13.6. The third-order valence-electron chi connectivity index (χ3n) is 6.05. The van der Waals surface area contributed by atoms with Gasteiger partial charge in [-0.1, -0.05) is 56.6 Å². The zero-order chi connectivity index (χ0) is 22.6. The molecule has 0 spiro atoms. The Morgan fingerprint density at radius 1 is 1.06 bits per heavy atom. The molecule has 0 unspecified atom stereocenters. The molecule has 0 aliphatic heterocycles. The molecule has 0 saturated carbocycles. The fourth-order valence-corrected chi connectivity index (χ4v) is 5.44. The third kappa shape index (κ3) is 3.29. The minimum Gasteiger partial charge on any atom is -0.452 e. The Kier molecular flexibility index (Phi) is 5.22. The number of Topliss-reactive ketones (excluding diaryl/α,β-unsaturated/α-hetero) is 1. The van der Waals surface area contributed by atoms with Gasteiger partial charge in [-0.15, -0.1) is 21.5 Å². The predicted molar refractivity (Wildman–Crippen MR) is 126 cm³/mol. The van der Waals surface area contributed by atoms with Crippen molar-refractivity contribution in [2.75, 3.05) is 0 Å². The molecule has 2 aromatic carbocycles. The summed E-state index contributed by atoms with van der Waals surface area (Å²) >= 11 is 7.57. The molecule has 2 aromatic heterocycles. The van der Waals surface area contributed by atoms with E-state index in [1.807, 2.05) is 19.1 Å². The molecule has 0 amide bonds. The van der Waals surface area contributed by atoms with Gasteiger partial charge >= 0.3 is 0 Å². The molecule has 0 radical (unpaired) electrons. The minimum atomic E-state index is -0.642. The van der Waals surface area contributed by atoms with Gasteiger partial charge in [-0.3, -0.25) is 9.59 Å². The number of aryl methyl sites for hydroxylation is 1. The van der Waals surface area contributed by atoms with Crippen molar-refractivity contribution in [3.8, 4) is 0 Å². The van der Waals surface area contributed by atoms with Crippen LogP contribution in [0.25, 0.3) is 11.0 Å². The number of hydrogen-bond acceptors (Lipinski definition) is 6. The normalized spacial score (nSPS) is 18.0. The zero-order valence-electron chi connectivity index (χ0n) is 17.9. The van der Waals surface area contributed by atoms with E-state index in [4.69, 9.17) is 16.0 Å². The van der Waals surface area contributed by atoms with Crippen LogP contribution in [0.1, 0.15) is 75.8 Å². The van der Waals surface area contributed by atoms with Crippen LogP contribution < -0.4 is 5.43 Å². The molecule has 1 aliphatic carbocycles. The summed E-state index contributed by atoms with van der Waals surface area (Å²) in [5, 5.41) is 10.8. The molecule has 0 N–H and O–H groups in total. The summed E-state index contributed by atoms with van der Waals surface area (Å²) < 4.78 is 6.00. The molecular weight excluding hydrogens is 444 g/mol. The lowest BCUT2D eigenvalue weighted by atomic mass is 9.84. The molecule has 4 aromatic rings. The quantitative estimate of drug-likeness (QED) is 0.365.